The fraction of sp³-hybridized carbons (Fsp3) is 0.500. The molecular formula is C14H21NO4S2. The summed E-state index contributed by atoms with van der Waals surface area (Å²) < 4.78 is 25.8. The number of sulfonamides is 1. The van der Waals surface area contributed by atoms with Crippen molar-refractivity contribution in [2.45, 2.75) is 27.3 Å². The molecule has 0 amide bonds. The molecule has 0 spiro atoms. The summed E-state index contributed by atoms with van der Waals surface area (Å²) in [7, 11) is -1.74. The summed E-state index contributed by atoms with van der Waals surface area (Å²) >= 11 is 1.41. The van der Waals surface area contributed by atoms with E-state index in [4.69, 9.17) is 5.11 Å². The second kappa shape index (κ2) is 6.72. The molecule has 1 rings (SSSR count). The molecule has 5 nitrogen and oxygen atoms in total. The van der Waals surface area contributed by atoms with Gasteiger partial charge in [0, 0.05) is 24.5 Å². The van der Waals surface area contributed by atoms with Crippen LogP contribution in [0.5, 0.6) is 0 Å². The van der Waals surface area contributed by atoms with Crippen LogP contribution in [-0.4, -0.2) is 36.6 Å². The van der Waals surface area contributed by atoms with Crippen LogP contribution in [0.1, 0.15) is 31.2 Å². The first-order chi connectivity index (χ1) is 9.49. The summed E-state index contributed by atoms with van der Waals surface area (Å²) in [6, 6.07) is 1.80. The van der Waals surface area contributed by atoms with E-state index in [1.807, 2.05) is 20.8 Å². The van der Waals surface area contributed by atoms with E-state index in [1.54, 1.807) is 18.5 Å². The van der Waals surface area contributed by atoms with Gasteiger partial charge < -0.3 is 5.11 Å². The summed E-state index contributed by atoms with van der Waals surface area (Å²) in [5, 5.41) is 10.4. The predicted molar refractivity (Wildman–Crippen MR) is 85.7 cm³/mol. The van der Waals surface area contributed by atoms with Crippen molar-refractivity contribution in [3.05, 3.63) is 28.0 Å². The minimum Gasteiger partial charge on any atom is -0.478 e. The molecule has 1 heterocycles. The molecule has 1 aromatic rings. The van der Waals surface area contributed by atoms with Crippen molar-refractivity contribution >= 4 is 33.4 Å². The summed E-state index contributed by atoms with van der Waals surface area (Å²) in [4.78, 5) is 11.3. The van der Waals surface area contributed by atoms with Gasteiger partial charge in [-0.15, -0.1) is 11.3 Å². The zero-order chi connectivity index (χ0) is 16.3. The van der Waals surface area contributed by atoms with Gasteiger partial charge in [0.25, 0.3) is 0 Å². The largest absolute Gasteiger partial charge is 0.478 e. The van der Waals surface area contributed by atoms with E-state index in [2.05, 4.69) is 0 Å². The molecule has 0 aliphatic carbocycles. The average molecular weight is 331 g/mol. The molecule has 7 heteroatoms. The maximum atomic E-state index is 12.2. The van der Waals surface area contributed by atoms with E-state index in [-0.39, 0.29) is 11.2 Å². The van der Waals surface area contributed by atoms with Crippen LogP contribution >= 0.6 is 11.3 Å². The molecule has 1 N–H and O–H groups in total. The van der Waals surface area contributed by atoms with E-state index in [0.717, 1.165) is 16.5 Å². The molecule has 0 saturated heterocycles. The molecule has 118 valence electrons. The predicted octanol–water partition coefficient (Wildman–Crippen LogP) is 2.65. The number of thiophene rings is 1. The zero-order valence-corrected chi connectivity index (χ0v) is 14.3. The lowest BCUT2D eigenvalue weighted by Gasteiger charge is -2.23. The van der Waals surface area contributed by atoms with Gasteiger partial charge in [-0.05, 0) is 28.5 Å². The van der Waals surface area contributed by atoms with Crippen LogP contribution in [0.25, 0.3) is 6.08 Å². The van der Waals surface area contributed by atoms with E-state index < -0.39 is 16.0 Å². The summed E-state index contributed by atoms with van der Waals surface area (Å²) in [5.74, 6) is -0.916. The minimum absolute atomic E-state index is 0.0909. The fourth-order valence-corrected chi connectivity index (χ4v) is 4.35. The molecule has 0 saturated carbocycles. The number of rotatable bonds is 6. The monoisotopic (exact) mass is 331 g/mol. The molecule has 21 heavy (non-hydrogen) atoms. The van der Waals surface area contributed by atoms with Gasteiger partial charge in [-0.25, -0.2) is 13.2 Å². The first-order valence-corrected chi connectivity index (χ1v) is 8.91. The third kappa shape index (κ3) is 6.41. The van der Waals surface area contributed by atoms with Crippen LogP contribution < -0.4 is 0 Å². The quantitative estimate of drug-likeness (QED) is 0.813. The Balaban J connectivity index is 2.75. The van der Waals surface area contributed by atoms with Crippen molar-refractivity contribution < 1.29 is 18.3 Å². The summed E-state index contributed by atoms with van der Waals surface area (Å²) in [5.41, 5.74) is 0.469. The molecule has 0 unspecified atom stereocenters. The van der Waals surface area contributed by atoms with Crippen LogP contribution in [0.2, 0.25) is 0 Å². The van der Waals surface area contributed by atoms with Gasteiger partial charge in [-0.2, -0.15) is 4.31 Å². The average Bonchev–Trinajstić information content (AvgIpc) is 2.70. The fourth-order valence-electron chi connectivity index (χ4n) is 1.71. The van der Waals surface area contributed by atoms with Gasteiger partial charge >= 0.3 is 5.97 Å². The number of hydrogen-bond donors (Lipinski definition) is 1. The van der Waals surface area contributed by atoms with Crippen molar-refractivity contribution in [3.8, 4) is 0 Å². The van der Waals surface area contributed by atoms with E-state index in [1.165, 1.54) is 21.7 Å². The Bertz CT molecular complexity index is 624. The van der Waals surface area contributed by atoms with E-state index >= 15 is 0 Å². The van der Waals surface area contributed by atoms with E-state index in [9.17, 15) is 13.2 Å². The zero-order valence-electron chi connectivity index (χ0n) is 12.7. The van der Waals surface area contributed by atoms with Gasteiger partial charge in [0.2, 0.25) is 10.0 Å². The molecule has 0 fully saturated rings. The number of carbonyl (C=O) groups is 1. The number of hydrogen-bond acceptors (Lipinski definition) is 4. The highest BCUT2D eigenvalue weighted by molar-refractivity contribution is 7.89. The Morgan fingerprint density at radius 3 is 2.57 bits per heavy atom. The highest BCUT2D eigenvalue weighted by Gasteiger charge is 2.25. The normalized spacial score (nSPS) is 13.2. The van der Waals surface area contributed by atoms with Crippen molar-refractivity contribution in [1.29, 1.82) is 0 Å². The summed E-state index contributed by atoms with van der Waals surface area (Å²) in [6.07, 6.45) is 2.55. The molecule has 0 atom stereocenters. The topological polar surface area (TPSA) is 74.7 Å². The molecule has 0 aromatic carbocycles. The van der Waals surface area contributed by atoms with Crippen molar-refractivity contribution in [2.24, 2.45) is 5.41 Å². The van der Waals surface area contributed by atoms with Gasteiger partial charge in [0.05, 0.1) is 5.75 Å². The van der Waals surface area contributed by atoms with Crippen LogP contribution in [0.15, 0.2) is 17.5 Å². The summed E-state index contributed by atoms with van der Waals surface area (Å²) in [6.45, 7) is 5.96. The second-order valence-electron chi connectivity index (χ2n) is 6.09. The molecule has 0 aliphatic heterocycles. The Kier molecular flexibility index (Phi) is 5.72. The third-order valence-electron chi connectivity index (χ3n) is 2.56. The highest BCUT2D eigenvalue weighted by atomic mass is 32.2. The number of aliphatic carboxylic acids is 1. The van der Waals surface area contributed by atoms with Gasteiger partial charge in [0.15, 0.2) is 0 Å². The van der Waals surface area contributed by atoms with Crippen molar-refractivity contribution in [3.63, 3.8) is 0 Å². The lowest BCUT2D eigenvalue weighted by atomic mass is 10.0. The highest BCUT2D eigenvalue weighted by Crippen LogP contribution is 2.22. The minimum atomic E-state index is -3.30. The Morgan fingerprint density at radius 1 is 1.43 bits per heavy atom. The molecule has 0 radical (unpaired) electrons. The number of carboxylic acids is 1. The lowest BCUT2D eigenvalue weighted by molar-refractivity contribution is -0.131. The Morgan fingerprint density at radius 2 is 2.05 bits per heavy atom. The van der Waals surface area contributed by atoms with Gasteiger partial charge in [-0.1, -0.05) is 20.8 Å². The SMILES string of the molecule is CN(Cc1cc(C=CC(=O)O)cs1)S(=O)(=O)CC(C)(C)C. The maximum absolute atomic E-state index is 12.2. The van der Waals surface area contributed by atoms with Crippen molar-refractivity contribution in [1.82, 2.24) is 4.31 Å². The van der Waals surface area contributed by atoms with Gasteiger partial charge in [-0.3, -0.25) is 0 Å². The molecule has 0 aliphatic rings. The smallest absolute Gasteiger partial charge is 0.328 e. The first-order valence-electron chi connectivity index (χ1n) is 6.42. The van der Waals surface area contributed by atoms with Crippen LogP contribution in [0, 0.1) is 5.41 Å². The molecular weight excluding hydrogens is 310 g/mol. The van der Waals surface area contributed by atoms with Crippen LogP contribution in [0.4, 0.5) is 0 Å². The van der Waals surface area contributed by atoms with Crippen molar-refractivity contribution in [2.75, 3.05) is 12.8 Å². The van der Waals surface area contributed by atoms with Crippen LogP contribution in [0.3, 0.4) is 0 Å². The number of carboxylic acid groups (broad SMARTS) is 1. The molecule has 1 aromatic heterocycles. The third-order valence-corrected chi connectivity index (χ3v) is 5.81. The van der Waals surface area contributed by atoms with Crippen LogP contribution in [-0.2, 0) is 21.4 Å². The van der Waals surface area contributed by atoms with E-state index in [0.29, 0.717) is 6.54 Å². The standard InChI is InChI=1S/C14H21NO4S2/c1-14(2,3)10-21(18,19)15(4)8-12-7-11(9-20-12)5-6-13(16)17/h5-7,9H,8,10H2,1-4H3,(H,16,17). The lowest BCUT2D eigenvalue weighted by Crippen LogP contribution is -2.33. The second-order valence-corrected chi connectivity index (χ2v) is 9.16. The van der Waals surface area contributed by atoms with Gasteiger partial charge in [0.1, 0.15) is 0 Å². The Hall–Kier alpha value is -1.18. The first kappa shape index (κ1) is 17.9. The molecule has 0 bridgehead atoms. The Labute approximate surface area is 130 Å². The maximum Gasteiger partial charge on any atom is 0.328 e. The number of nitrogens with zero attached hydrogens (tertiary/aromatic N) is 1.